The summed E-state index contributed by atoms with van der Waals surface area (Å²) in [5.41, 5.74) is 2.26. The van der Waals surface area contributed by atoms with Gasteiger partial charge in [0.15, 0.2) is 5.43 Å². The molecule has 24 heavy (non-hydrogen) atoms. The summed E-state index contributed by atoms with van der Waals surface area (Å²) in [6.45, 7) is 0. The van der Waals surface area contributed by atoms with Crippen molar-refractivity contribution in [3.8, 4) is 0 Å². The molecule has 0 saturated heterocycles. The second kappa shape index (κ2) is 6.01. The fourth-order valence-electron chi connectivity index (χ4n) is 2.59. The molecule has 0 amide bonds. The Morgan fingerprint density at radius 2 is 1.42 bits per heavy atom. The van der Waals surface area contributed by atoms with Crippen molar-refractivity contribution < 1.29 is 8.83 Å². The summed E-state index contributed by atoms with van der Waals surface area (Å²) >= 11 is 0. The van der Waals surface area contributed by atoms with Crippen LogP contribution in [0, 0.1) is 0 Å². The van der Waals surface area contributed by atoms with Crippen LogP contribution in [-0.4, -0.2) is 4.98 Å². The van der Waals surface area contributed by atoms with Gasteiger partial charge in [-0.3, -0.25) is 4.79 Å². The topological polar surface area (TPSA) is 56.2 Å². The summed E-state index contributed by atoms with van der Waals surface area (Å²) in [5.74, 6) is 0. The van der Waals surface area contributed by atoms with Gasteiger partial charge >= 0.3 is 0 Å². The van der Waals surface area contributed by atoms with Crippen LogP contribution in [0.4, 0.5) is 0 Å². The van der Waals surface area contributed by atoms with Crippen LogP contribution in [0.25, 0.3) is 33.0 Å². The molecule has 0 aliphatic carbocycles. The number of benzene rings is 2. The normalized spacial score (nSPS) is 10.7. The van der Waals surface area contributed by atoms with Crippen LogP contribution in [-0.2, 0) is 0 Å². The molecule has 0 N–H and O–H groups in total. The average Bonchev–Trinajstić information content (AvgIpc) is 3.02. The standard InChI is InChI=1S/C11H7NO.C9H6O2/c1-2-6-10-8(4-1)9-5-3-7-12-11(9)13-10;10-8-5-6-11-9-4-2-1-3-7(8)9/h1-7H;1-6H. The van der Waals surface area contributed by atoms with Crippen molar-refractivity contribution in [1.82, 2.24) is 4.98 Å². The molecule has 0 aliphatic rings. The van der Waals surface area contributed by atoms with E-state index < -0.39 is 0 Å². The van der Waals surface area contributed by atoms with E-state index in [0.29, 0.717) is 16.7 Å². The summed E-state index contributed by atoms with van der Waals surface area (Å²) in [4.78, 5) is 15.3. The minimum Gasteiger partial charge on any atom is -0.464 e. The van der Waals surface area contributed by atoms with E-state index in [1.807, 2.05) is 48.5 Å². The lowest BCUT2D eigenvalue weighted by Crippen LogP contribution is -1.96. The van der Waals surface area contributed by atoms with Gasteiger partial charge in [0.25, 0.3) is 0 Å². The van der Waals surface area contributed by atoms with Crippen molar-refractivity contribution in [3.63, 3.8) is 0 Å². The summed E-state index contributed by atoms with van der Waals surface area (Å²) < 4.78 is 10.6. The van der Waals surface area contributed by atoms with Gasteiger partial charge in [0.1, 0.15) is 11.2 Å². The molecule has 5 aromatic rings. The summed E-state index contributed by atoms with van der Waals surface area (Å²) in [6, 6.07) is 20.5. The maximum Gasteiger partial charge on any atom is 0.227 e. The first kappa shape index (κ1) is 14.2. The average molecular weight is 315 g/mol. The van der Waals surface area contributed by atoms with E-state index in [-0.39, 0.29) is 5.43 Å². The summed E-state index contributed by atoms with van der Waals surface area (Å²) in [7, 11) is 0. The Bertz CT molecular complexity index is 1130. The SMILES string of the molecule is O=c1ccoc2ccccc12.c1ccc2c(c1)oc1ncccc12. The van der Waals surface area contributed by atoms with E-state index in [4.69, 9.17) is 8.83 Å². The van der Waals surface area contributed by atoms with Crippen molar-refractivity contribution in [3.05, 3.63) is 89.4 Å². The number of hydrogen-bond donors (Lipinski definition) is 0. The van der Waals surface area contributed by atoms with Crippen molar-refractivity contribution >= 4 is 33.0 Å². The van der Waals surface area contributed by atoms with Crippen LogP contribution < -0.4 is 5.43 Å². The van der Waals surface area contributed by atoms with Crippen molar-refractivity contribution in [2.75, 3.05) is 0 Å². The number of hydrogen-bond acceptors (Lipinski definition) is 4. The van der Waals surface area contributed by atoms with Crippen molar-refractivity contribution in [1.29, 1.82) is 0 Å². The third-order valence-electron chi connectivity index (χ3n) is 3.72. The lowest BCUT2D eigenvalue weighted by molar-refractivity contribution is 0.602. The molecule has 0 unspecified atom stereocenters. The maximum absolute atomic E-state index is 11.1. The highest BCUT2D eigenvalue weighted by atomic mass is 16.3. The number of rotatable bonds is 0. The molecule has 0 saturated carbocycles. The third kappa shape index (κ3) is 2.54. The Labute approximate surface area is 137 Å². The van der Waals surface area contributed by atoms with Gasteiger partial charge in [-0.05, 0) is 30.3 Å². The molecule has 2 aromatic carbocycles. The van der Waals surface area contributed by atoms with Gasteiger partial charge in [-0.15, -0.1) is 0 Å². The first-order chi connectivity index (χ1) is 11.8. The molecule has 0 atom stereocenters. The second-order valence-corrected chi connectivity index (χ2v) is 5.24. The maximum atomic E-state index is 11.1. The van der Waals surface area contributed by atoms with Gasteiger partial charge in [0, 0.05) is 23.0 Å². The van der Waals surface area contributed by atoms with E-state index in [2.05, 4.69) is 4.98 Å². The molecule has 3 aromatic heterocycles. The van der Waals surface area contributed by atoms with Crippen LogP contribution >= 0.6 is 0 Å². The first-order valence-corrected chi connectivity index (χ1v) is 7.52. The van der Waals surface area contributed by atoms with Gasteiger partial charge in [-0.1, -0.05) is 30.3 Å². The van der Waals surface area contributed by atoms with Gasteiger partial charge in [0.05, 0.1) is 11.6 Å². The molecule has 0 radical (unpaired) electrons. The van der Waals surface area contributed by atoms with Gasteiger partial charge in [-0.25, -0.2) is 4.98 Å². The zero-order valence-corrected chi connectivity index (χ0v) is 12.7. The molecule has 5 rings (SSSR count). The molecule has 0 spiro atoms. The monoisotopic (exact) mass is 315 g/mol. The van der Waals surface area contributed by atoms with E-state index in [1.165, 1.54) is 12.3 Å². The van der Waals surface area contributed by atoms with Crippen LogP contribution in [0.1, 0.15) is 0 Å². The molecule has 0 bridgehead atoms. The zero-order chi connectivity index (χ0) is 16.4. The highest BCUT2D eigenvalue weighted by Gasteiger charge is 2.04. The second-order valence-electron chi connectivity index (χ2n) is 5.24. The van der Waals surface area contributed by atoms with Gasteiger partial charge in [-0.2, -0.15) is 0 Å². The number of fused-ring (bicyclic) bond motifs is 4. The number of furan rings is 1. The fraction of sp³-hybridized carbons (Fsp3) is 0. The van der Waals surface area contributed by atoms with E-state index >= 15 is 0 Å². The van der Waals surface area contributed by atoms with Crippen LogP contribution in [0.2, 0.25) is 0 Å². The first-order valence-electron chi connectivity index (χ1n) is 7.52. The fourth-order valence-corrected chi connectivity index (χ4v) is 2.59. The Balaban J connectivity index is 0.000000123. The molecular weight excluding hydrogens is 302 g/mol. The molecule has 0 aliphatic heterocycles. The predicted molar refractivity (Wildman–Crippen MR) is 94.0 cm³/mol. The van der Waals surface area contributed by atoms with E-state index in [9.17, 15) is 4.79 Å². The van der Waals surface area contributed by atoms with Gasteiger partial charge in [0.2, 0.25) is 5.71 Å². The number of nitrogens with zero attached hydrogens (tertiary/aromatic N) is 1. The van der Waals surface area contributed by atoms with Gasteiger partial charge < -0.3 is 8.83 Å². The highest BCUT2D eigenvalue weighted by molar-refractivity contribution is 6.03. The van der Waals surface area contributed by atoms with E-state index in [0.717, 1.165) is 16.4 Å². The zero-order valence-electron chi connectivity index (χ0n) is 12.7. The lowest BCUT2D eigenvalue weighted by Gasteiger charge is -1.91. The Hall–Kier alpha value is -3.40. The summed E-state index contributed by atoms with van der Waals surface area (Å²) in [5, 5.41) is 2.85. The van der Waals surface area contributed by atoms with Crippen molar-refractivity contribution in [2.45, 2.75) is 0 Å². The molecule has 4 nitrogen and oxygen atoms in total. The lowest BCUT2D eigenvalue weighted by atomic mass is 10.2. The minimum atomic E-state index is 0.00634. The molecular formula is C20H13NO3. The number of aromatic nitrogens is 1. The smallest absolute Gasteiger partial charge is 0.227 e. The quantitative estimate of drug-likeness (QED) is 0.413. The Morgan fingerprint density at radius 1 is 0.708 bits per heavy atom. The number of pyridine rings is 1. The van der Waals surface area contributed by atoms with E-state index in [1.54, 1.807) is 18.3 Å². The molecule has 116 valence electrons. The minimum absolute atomic E-state index is 0.00634. The molecule has 3 heterocycles. The number of para-hydroxylation sites is 2. The van der Waals surface area contributed by atoms with Crippen LogP contribution in [0.5, 0.6) is 0 Å². The van der Waals surface area contributed by atoms with Crippen LogP contribution in [0.15, 0.2) is 92.8 Å². The van der Waals surface area contributed by atoms with Crippen LogP contribution in [0.3, 0.4) is 0 Å². The Morgan fingerprint density at radius 3 is 2.25 bits per heavy atom. The Kier molecular flexibility index (Phi) is 3.56. The third-order valence-corrected chi connectivity index (χ3v) is 3.72. The largest absolute Gasteiger partial charge is 0.464 e. The van der Waals surface area contributed by atoms with Crippen molar-refractivity contribution in [2.24, 2.45) is 0 Å². The molecule has 4 heteroatoms. The predicted octanol–water partition coefficient (Wildman–Crippen LogP) is 4.77. The highest BCUT2D eigenvalue weighted by Crippen LogP contribution is 2.26. The molecule has 0 fully saturated rings. The summed E-state index contributed by atoms with van der Waals surface area (Å²) in [6.07, 6.45) is 3.15.